The molecule has 3 heterocycles. The van der Waals surface area contributed by atoms with Crippen molar-refractivity contribution in [3.8, 4) is 5.75 Å². The van der Waals surface area contributed by atoms with Crippen LogP contribution in [0.2, 0.25) is 0 Å². The molecule has 0 aliphatic rings. The summed E-state index contributed by atoms with van der Waals surface area (Å²) in [6.45, 7) is 0.558. The number of aromatic nitrogens is 5. The van der Waals surface area contributed by atoms with Crippen LogP contribution in [-0.4, -0.2) is 36.2 Å². The van der Waals surface area contributed by atoms with Crippen molar-refractivity contribution in [2.75, 3.05) is 17.2 Å². The van der Waals surface area contributed by atoms with E-state index in [9.17, 15) is 5.11 Å². The zero-order valence-corrected chi connectivity index (χ0v) is 13.1. The molecule has 9 heteroatoms. The number of benzene rings is 1. The Morgan fingerprint density at radius 1 is 1.16 bits per heavy atom. The second-order valence-electron chi connectivity index (χ2n) is 5.37. The highest BCUT2D eigenvalue weighted by atomic mass is 16.3. The molecule has 1 aromatic carbocycles. The Bertz CT molecular complexity index is 980. The lowest BCUT2D eigenvalue weighted by Crippen LogP contribution is -2.23. The highest BCUT2D eigenvalue weighted by Gasteiger charge is 2.18. The molecule has 0 bridgehead atoms. The van der Waals surface area contributed by atoms with Crippen molar-refractivity contribution in [2.24, 2.45) is 0 Å². The number of nitrogens with zero attached hydrogens (tertiary/aromatic N) is 6. The van der Waals surface area contributed by atoms with Crippen LogP contribution in [0.4, 0.5) is 17.8 Å². The second-order valence-corrected chi connectivity index (χ2v) is 5.37. The van der Waals surface area contributed by atoms with E-state index in [0.717, 1.165) is 5.56 Å². The quantitative estimate of drug-likeness (QED) is 0.565. The number of aromatic hydroxyl groups is 1. The summed E-state index contributed by atoms with van der Waals surface area (Å²) in [5, 5.41) is 13.4. The minimum atomic E-state index is 0.193. The maximum atomic E-state index is 9.40. The fraction of sp³-hybridized carbons (Fsp3) is 0.125. The third-order valence-corrected chi connectivity index (χ3v) is 3.74. The minimum absolute atomic E-state index is 0.193. The van der Waals surface area contributed by atoms with Crippen LogP contribution in [0.5, 0.6) is 5.75 Å². The van der Waals surface area contributed by atoms with Crippen LogP contribution in [0.25, 0.3) is 5.78 Å². The first kappa shape index (κ1) is 14.9. The normalized spacial score (nSPS) is 11.0. The van der Waals surface area contributed by atoms with Crippen LogP contribution in [0, 0.1) is 0 Å². The third-order valence-electron chi connectivity index (χ3n) is 3.74. The minimum Gasteiger partial charge on any atom is -0.508 e. The Kier molecular flexibility index (Phi) is 3.65. The Morgan fingerprint density at radius 2 is 2.00 bits per heavy atom. The Balaban J connectivity index is 1.66. The predicted molar refractivity (Wildman–Crippen MR) is 90.5 cm³/mol. The molecule has 0 atom stereocenters. The molecule has 4 aromatic rings. The standard InChI is InChI=1S/C16H15N7O2/c17-14-20-16(21-15-18-10-19-23(14)15)22(13-2-1-9-25-13)8-7-11-3-5-12(24)6-4-11/h1-6,9-10,24H,7-8H2,(H2,17,18,19,20,21). The van der Waals surface area contributed by atoms with E-state index in [2.05, 4.69) is 20.1 Å². The SMILES string of the molecule is Nc1nc(N(CCc2ccc(O)cc2)c2ccco2)nc2ncnn12. The maximum absolute atomic E-state index is 9.40. The Hall–Kier alpha value is -3.62. The number of phenols is 1. The van der Waals surface area contributed by atoms with Crippen molar-refractivity contribution in [1.29, 1.82) is 0 Å². The number of nitrogen functional groups attached to an aromatic ring is 1. The molecule has 126 valence electrons. The van der Waals surface area contributed by atoms with Crippen molar-refractivity contribution in [3.05, 3.63) is 54.6 Å². The topological polar surface area (TPSA) is 119 Å². The molecule has 9 nitrogen and oxygen atoms in total. The van der Waals surface area contributed by atoms with Crippen LogP contribution < -0.4 is 10.6 Å². The van der Waals surface area contributed by atoms with Gasteiger partial charge in [0.1, 0.15) is 12.1 Å². The molecule has 25 heavy (non-hydrogen) atoms. The first-order valence-corrected chi connectivity index (χ1v) is 7.63. The summed E-state index contributed by atoms with van der Waals surface area (Å²) in [5.41, 5.74) is 7.00. The van der Waals surface area contributed by atoms with E-state index in [1.165, 1.54) is 10.8 Å². The van der Waals surface area contributed by atoms with Gasteiger partial charge in [0.05, 0.1) is 6.26 Å². The molecule has 3 N–H and O–H groups in total. The molecular weight excluding hydrogens is 322 g/mol. The molecule has 0 fully saturated rings. The highest BCUT2D eigenvalue weighted by molar-refractivity contribution is 5.54. The number of fused-ring (bicyclic) bond motifs is 1. The molecule has 0 unspecified atom stereocenters. The zero-order valence-electron chi connectivity index (χ0n) is 13.1. The van der Waals surface area contributed by atoms with Gasteiger partial charge in [-0.25, -0.2) is 0 Å². The average molecular weight is 337 g/mol. The van der Waals surface area contributed by atoms with Crippen LogP contribution >= 0.6 is 0 Å². The lowest BCUT2D eigenvalue weighted by Gasteiger charge is -2.20. The average Bonchev–Trinajstić information content (AvgIpc) is 3.28. The van der Waals surface area contributed by atoms with Crippen LogP contribution in [0.3, 0.4) is 0 Å². The van der Waals surface area contributed by atoms with Gasteiger partial charge in [0.25, 0.3) is 5.78 Å². The summed E-state index contributed by atoms with van der Waals surface area (Å²) in [6, 6.07) is 10.7. The molecule has 0 radical (unpaired) electrons. The van der Waals surface area contributed by atoms with Crippen molar-refractivity contribution >= 4 is 23.6 Å². The molecule has 0 aliphatic carbocycles. The molecule has 4 rings (SSSR count). The van der Waals surface area contributed by atoms with E-state index in [1.807, 2.05) is 23.1 Å². The van der Waals surface area contributed by atoms with Gasteiger partial charge in [-0.1, -0.05) is 12.1 Å². The number of hydrogen-bond acceptors (Lipinski definition) is 8. The van der Waals surface area contributed by atoms with E-state index in [4.69, 9.17) is 10.2 Å². The highest BCUT2D eigenvalue weighted by Crippen LogP contribution is 2.24. The number of furan rings is 1. The predicted octanol–water partition coefficient (Wildman–Crippen LogP) is 1.78. The van der Waals surface area contributed by atoms with Gasteiger partial charge in [-0.2, -0.15) is 24.6 Å². The fourth-order valence-electron chi connectivity index (χ4n) is 2.49. The number of anilines is 3. The summed E-state index contributed by atoms with van der Waals surface area (Å²) in [7, 11) is 0. The summed E-state index contributed by atoms with van der Waals surface area (Å²) in [4.78, 5) is 14.6. The van der Waals surface area contributed by atoms with Crippen molar-refractivity contribution in [1.82, 2.24) is 24.6 Å². The van der Waals surface area contributed by atoms with E-state index < -0.39 is 0 Å². The van der Waals surface area contributed by atoms with Gasteiger partial charge in [0, 0.05) is 12.6 Å². The van der Waals surface area contributed by atoms with Gasteiger partial charge in [-0.15, -0.1) is 0 Å². The lowest BCUT2D eigenvalue weighted by molar-refractivity contribution is 0.475. The van der Waals surface area contributed by atoms with E-state index in [1.54, 1.807) is 24.5 Å². The lowest BCUT2D eigenvalue weighted by atomic mass is 10.1. The first-order valence-electron chi connectivity index (χ1n) is 7.63. The molecule has 0 saturated carbocycles. The number of nitrogens with two attached hydrogens (primary N) is 1. The maximum Gasteiger partial charge on any atom is 0.258 e. The summed E-state index contributed by atoms with van der Waals surface area (Å²) >= 11 is 0. The molecule has 3 aromatic heterocycles. The zero-order chi connectivity index (χ0) is 17.2. The number of hydrogen-bond donors (Lipinski definition) is 2. The Morgan fingerprint density at radius 3 is 2.76 bits per heavy atom. The van der Waals surface area contributed by atoms with E-state index in [0.29, 0.717) is 30.6 Å². The smallest absolute Gasteiger partial charge is 0.258 e. The van der Waals surface area contributed by atoms with Crippen molar-refractivity contribution in [2.45, 2.75) is 6.42 Å². The summed E-state index contributed by atoms with van der Waals surface area (Å²) in [5.74, 6) is 1.77. The van der Waals surface area contributed by atoms with Gasteiger partial charge in [0.2, 0.25) is 17.8 Å². The second kappa shape index (κ2) is 6.11. The first-order chi connectivity index (χ1) is 12.2. The van der Waals surface area contributed by atoms with Gasteiger partial charge in [-0.3, -0.25) is 4.90 Å². The monoisotopic (exact) mass is 337 g/mol. The van der Waals surface area contributed by atoms with Gasteiger partial charge >= 0.3 is 0 Å². The number of phenolic OH excluding ortho intramolecular Hbond substituents is 1. The summed E-state index contributed by atoms with van der Waals surface area (Å²) in [6.07, 6.45) is 3.65. The Labute approximate surface area is 142 Å². The molecule has 0 saturated heterocycles. The molecular formula is C16H15N7O2. The molecule has 0 spiro atoms. The van der Waals surface area contributed by atoms with Crippen LogP contribution in [-0.2, 0) is 6.42 Å². The van der Waals surface area contributed by atoms with Gasteiger partial charge < -0.3 is 15.3 Å². The van der Waals surface area contributed by atoms with Crippen molar-refractivity contribution < 1.29 is 9.52 Å². The number of rotatable bonds is 5. The van der Waals surface area contributed by atoms with Crippen LogP contribution in [0.15, 0.2) is 53.4 Å². The van der Waals surface area contributed by atoms with E-state index in [-0.39, 0.29) is 11.7 Å². The third kappa shape index (κ3) is 2.94. The molecule has 0 aliphatic heterocycles. The van der Waals surface area contributed by atoms with Gasteiger partial charge in [-0.05, 0) is 30.2 Å². The van der Waals surface area contributed by atoms with E-state index >= 15 is 0 Å². The molecule has 0 amide bonds. The summed E-state index contributed by atoms with van der Waals surface area (Å²) < 4.78 is 6.88. The van der Waals surface area contributed by atoms with Crippen molar-refractivity contribution in [3.63, 3.8) is 0 Å². The largest absolute Gasteiger partial charge is 0.508 e. The fourth-order valence-corrected chi connectivity index (χ4v) is 2.49. The van der Waals surface area contributed by atoms with Gasteiger partial charge in [0.15, 0.2) is 0 Å². The van der Waals surface area contributed by atoms with Crippen LogP contribution in [0.1, 0.15) is 5.56 Å².